The molecular formula is C19H18N6O3S. The summed E-state index contributed by atoms with van der Waals surface area (Å²) in [5.74, 6) is -0.134. The minimum absolute atomic E-state index is 0.0620. The minimum atomic E-state index is -0.418. The van der Waals surface area contributed by atoms with Crippen LogP contribution in [0.25, 0.3) is 11.4 Å². The second-order valence-corrected chi connectivity index (χ2v) is 7.32. The molecule has 0 radical (unpaired) electrons. The maximum Gasteiger partial charge on any atom is 0.269 e. The first-order valence-corrected chi connectivity index (χ1v) is 9.77. The molecule has 1 aliphatic rings. The molecule has 3 heterocycles. The first kappa shape index (κ1) is 18.8. The Morgan fingerprint density at radius 3 is 2.45 bits per heavy atom. The summed E-state index contributed by atoms with van der Waals surface area (Å²) in [6.07, 6.45) is 1.66. The molecule has 1 saturated heterocycles. The Labute approximate surface area is 170 Å². The fraction of sp³-hybridized carbons (Fsp3) is 0.211. The number of piperazine rings is 1. The van der Waals surface area contributed by atoms with E-state index in [1.165, 1.54) is 12.1 Å². The number of nitrogen functional groups attached to an aromatic ring is 1. The van der Waals surface area contributed by atoms with Gasteiger partial charge < -0.3 is 15.5 Å². The lowest BCUT2D eigenvalue weighted by Gasteiger charge is -2.35. The SMILES string of the molecule is Nc1c(-c2ccccn2)nsc1C(=O)N1CCN(c2ccc([N+](=O)[O-])cc2)CC1. The number of rotatable bonds is 4. The van der Waals surface area contributed by atoms with E-state index in [0.717, 1.165) is 17.2 Å². The van der Waals surface area contributed by atoms with Gasteiger partial charge in [-0.1, -0.05) is 6.07 Å². The predicted octanol–water partition coefficient (Wildman–Crippen LogP) is 2.66. The molecule has 148 valence electrons. The number of nitrogens with zero attached hydrogens (tertiary/aromatic N) is 5. The number of aromatic nitrogens is 2. The molecule has 1 fully saturated rings. The summed E-state index contributed by atoms with van der Waals surface area (Å²) >= 11 is 1.09. The summed E-state index contributed by atoms with van der Waals surface area (Å²) in [6, 6.07) is 11.9. The van der Waals surface area contributed by atoms with Gasteiger partial charge in [-0.25, -0.2) is 0 Å². The Balaban J connectivity index is 1.43. The van der Waals surface area contributed by atoms with Crippen LogP contribution >= 0.6 is 11.5 Å². The molecule has 1 aliphatic heterocycles. The molecule has 9 nitrogen and oxygen atoms in total. The van der Waals surface area contributed by atoms with Crippen LogP contribution in [0.1, 0.15) is 9.67 Å². The number of carbonyl (C=O) groups is 1. The number of nitro benzene ring substituents is 1. The smallest absolute Gasteiger partial charge is 0.269 e. The molecule has 29 heavy (non-hydrogen) atoms. The maximum atomic E-state index is 12.9. The zero-order chi connectivity index (χ0) is 20.4. The van der Waals surface area contributed by atoms with Crippen molar-refractivity contribution in [3.8, 4) is 11.4 Å². The molecule has 0 bridgehead atoms. The van der Waals surface area contributed by atoms with Gasteiger partial charge in [0.1, 0.15) is 10.6 Å². The number of nitro groups is 1. The number of hydrogen-bond donors (Lipinski definition) is 1. The molecule has 1 aromatic carbocycles. The van der Waals surface area contributed by atoms with E-state index in [9.17, 15) is 14.9 Å². The minimum Gasteiger partial charge on any atom is -0.396 e. The lowest BCUT2D eigenvalue weighted by atomic mass is 10.2. The lowest BCUT2D eigenvalue weighted by Crippen LogP contribution is -2.48. The van der Waals surface area contributed by atoms with Crippen molar-refractivity contribution in [2.75, 3.05) is 36.8 Å². The standard InChI is InChI=1S/C19H18N6O3S/c20-16-17(15-3-1-2-8-21-15)22-29-18(16)19(26)24-11-9-23(10-12-24)13-4-6-14(7-5-13)25(27)28/h1-8H,9-12,20H2. The Morgan fingerprint density at radius 2 is 1.83 bits per heavy atom. The quantitative estimate of drug-likeness (QED) is 0.519. The Hall–Kier alpha value is -3.53. The zero-order valence-corrected chi connectivity index (χ0v) is 16.2. The Morgan fingerprint density at radius 1 is 1.10 bits per heavy atom. The van der Waals surface area contributed by atoms with Crippen molar-refractivity contribution in [3.05, 3.63) is 63.7 Å². The third kappa shape index (κ3) is 3.74. The lowest BCUT2D eigenvalue weighted by molar-refractivity contribution is -0.384. The number of hydrogen-bond acceptors (Lipinski definition) is 8. The first-order chi connectivity index (χ1) is 14.0. The molecule has 2 aromatic heterocycles. The van der Waals surface area contributed by atoms with E-state index in [-0.39, 0.29) is 11.6 Å². The van der Waals surface area contributed by atoms with Gasteiger partial charge in [0, 0.05) is 50.2 Å². The molecule has 0 saturated carbocycles. The molecule has 1 amide bonds. The summed E-state index contributed by atoms with van der Waals surface area (Å²) in [5, 5.41) is 10.8. The third-order valence-electron chi connectivity index (χ3n) is 4.82. The molecule has 3 aromatic rings. The van der Waals surface area contributed by atoms with Crippen molar-refractivity contribution in [3.63, 3.8) is 0 Å². The van der Waals surface area contributed by atoms with Gasteiger partial charge in [0.15, 0.2) is 0 Å². The Bertz CT molecular complexity index is 1030. The third-order valence-corrected chi connectivity index (χ3v) is 5.67. The number of anilines is 2. The number of carbonyl (C=O) groups excluding carboxylic acids is 1. The van der Waals surface area contributed by atoms with E-state index in [0.29, 0.717) is 48.1 Å². The maximum absolute atomic E-state index is 12.9. The van der Waals surface area contributed by atoms with Crippen LogP contribution in [-0.2, 0) is 0 Å². The van der Waals surface area contributed by atoms with Crippen molar-refractivity contribution < 1.29 is 9.72 Å². The van der Waals surface area contributed by atoms with E-state index in [1.807, 2.05) is 18.2 Å². The van der Waals surface area contributed by atoms with Gasteiger partial charge >= 0.3 is 0 Å². The van der Waals surface area contributed by atoms with Gasteiger partial charge in [-0.15, -0.1) is 0 Å². The average molecular weight is 410 g/mol. The highest BCUT2D eigenvalue weighted by Gasteiger charge is 2.27. The van der Waals surface area contributed by atoms with Gasteiger partial charge in [-0.05, 0) is 35.8 Å². The van der Waals surface area contributed by atoms with Crippen LogP contribution in [0.3, 0.4) is 0 Å². The summed E-state index contributed by atoms with van der Waals surface area (Å²) in [7, 11) is 0. The molecular weight excluding hydrogens is 392 g/mol. The fourth-order valence-electron chi connectivity index (χ4n) is 3.24. The predicted molar refractivity (Wildman–Crippen MR) is 111 cm³/mol. The van der Waals surface area contributed by atoms with E-state index in [2.05, 4.69) is 14.3 Å². The topological polar surface area (TPSA) is 118 Å². The van der Waals surface area contributed by atoms with E-state index in [4.69, 9.17) is 5.73 Å². The van der Waals surface area contributed by atoms with Crippen LogP contribution in [0, 0.1) is 10.1 Å². The molecule has 10 heteroatoms. The number of nitrogens with two attached hydrogens (primary N) is 1. The van der Waals surface area contributed by atoms with Gasteiger partial charge in [-0.3, -0.25) is 19.9 Å². The van der Waals surface area contributed by atoms with E-state index >= 15 is 0 Å². The number of pyridine rings is 1. The summed E-state index contributed by atoms with van der Waals surface area (Å²) < 4.78 is 4.33. The average Bonchev–Trinajstić information content (AvgIpc) is 3.15. The molecule has 0 aliphatic carbocycles. The first-order valence-electron chi connectivity index (χ1n) is 9.00. The summed E-state index contributed by atoms with van der Waals surface area (Å²) in [4.78, 5) is 31.8. The second kappa shape index (κ2) is 7.84. The van der Waals surface area contributed by atoms with Crippen molar-refractivity contribution in [1.82, 2.24) is 14.3 Å². The van der Waals surface area contributed by atoms with Gasteiger partial charge in [0.05, 0.1) is 16.3 Å². The molecule has 4 rings (SSSR count). The monoisotopic (exact) mass is 410 g/mol. The molecule has 0 atom stereocenters. The Kier molecular flexibility index (Phi) is 5.09. The molecule has 0 unspecified atom stereocenters. The summed E-state index contributed by atoms with van der Waals surface area (Å²) in [6.45, 7) is 2.34. The van der Waals surface area contributed by atoms with Crippen molar-refractivity contribution in [1.29, 1.82) is 0 Å². The highest BCUT2D eigenvalue weighted by Crippen LogP contribution is 2.31. The van der Waals surface area contributed by atoms with Crippen LogP contribution in [0.15, 0.2) is 48.7 Å². The van der Waals surface area contributed by atoms with Crippen LogP contribution in [0.2, 0.25) is 0 Å². The van der Waals surface area contributed by atoms with Crippen LogP contribution in [0.5, 0.6) is 0 Å². The molecule has 0 spiro atoms. The van der Waals surface area contributed by atoms with E-state index < -0.39 is 4.92 Å². The molecule has 2 N–H and O–H groups in total. The van der Waals surface area contributed by atoms with Crippen molar-refractivity contribution >= 4 is 34.5 Å². The second-order valence-electron chi connectivity index (χ2n) is 6.54. The van der Waals surface area contributed by atoms with Gasteiger partial charge in [0.25, 0.3) is 11.6 Å². The van der Waals surface area contributed by atoms with Crippen molar-refractivity contribution in [2.24, 2.45) is 0 Å². The fourth-order valence-corrected chi connectivity index (χ4v) is 4.01. The number of amides is 1. The highest BCUT2D eigenvalue weighted by molar-refractivity contribution is 7.09. The van der Waals surface area contributed by atoms with E-state index in [1.54, 1.807) is 23.2 Å². The highest BCUT2D eigenvalue weighted by atomic mass is 32.1. The zero-order valence-electron chi connectivity index (χ0n) is 15.4. The number of benzene rings is 1. The van der Waals surface area contributed by atoms with Crippen molar-refractivity contribution in [2.45, 2.75) is 0 Å². The van der Waals surface area contributed by atoms with Crippen LogP contribution < -0.4 is 10.6 Å². The van der Waals surface area contributed by atoms with Gasteiger partial charge in [-0.2, -0.15) is 4.37 Å². The van der Waals surface area contributed by atoms with Crippen LogP contribution in [-0.4, -0.2) is 51.3 Å². The normalized spacial score (nSPS) is 14.1. The number of non-ortho nitro benzene ring substituents is 1. The summed E-state index contributed by atoms with van der Waals surface area (Å²) in [5.41, 5.74) is 8.69. The van der Waals surface area contributed by atoms with Gasteiger partial charge in [0.2, 0.25) is 0 Å². The van der Waals surface area contributed by atoms with Crippen LogP contribution in [0.4, 0.5) is 17.1 Å². The largest absolute Gasteiger partial charge is 0.396 e.